The summed E-state index contributed by atoms with van der Waals surface area (Å²) in [6, 6.07) is 12.2. The van der Waals surface area contributed by atoms with Gasteiger partial charge in [0.25, 0.3) is 5.69 Å². The number of non-ortho nitro benzene ring substituents is 1. The molecule has 10 nitrogen and oxygen atoms in total. The third-order valence-electron chi connectivity index (χ3n) is 3.46. The van der Waals surface area contributed by atoms with Gasteiger partial charge in [0.1, 0.15) is 18.4 Å². The molecule has 0 aromatic heterocycles. The maximum Gasteiger partial charge on any atom is 0.408 e. The fourth-order valence-electron chi connectivity index (χ4n) is 2.12. The van der Waals surface area contributed by atoms with E-state index in [1.54, 1.807) is 30.3 Å². The molecule has 0 spiro atoms. The number of nitrogens with two attached hydrogens (primary N) is 1. The molecule has 3 N–H and O–H groups in total. The molecule has 2 aromatic carbocycles. The molecular formula is C18H17N3O7. The average Bonchev–Trinajstić information content (AvgIpc) is 2.66. The Labute approximate surface area is 159 Å². The van der Waals surface area contributed by atoms with Gasteiger partial charge < -0.3 is 20.5 Å². The summed E-state index contributed by atoms with van der Waals surface area (Å²) in [5, 5.41) is 12.9. The minimum absolute atomic E-state index is 0.00419. The maximum atomic E-state index is 12.2. The molecule has 1 atom stereocenters. The lowest BCUT2D eigenvalue weighted by Gasteiger charge is -2.16. The zero-order chi connectivity index (χ0) is 20.5. The van der Waals surface area contributed by atoms with Gasteiger partial charge in [-0.3, -0.25) is 14.9 Å². The Balaban J connectivity index is 1.96. The lowest BCUT2D eigenvalue weighted by Crippen LogP contribution is -2.45. The number of carbonyl (C=O) groups excluding carboxylic acids is 3. The van der Waals surface area contributed by atoms with Gasteiger partial charge >= 0.3 is 12.1 Å². The predicted octanol–water partition coefficient (Wildman–Crippen LogP) is 1.67. The summed E-state index contributed by atoms with van der Waals surface area (Å²) >= 11 is 0. The van der Waals surface area contributed by atoms with Gasteiger partial charge in [0.05, 0.1) is 11.3 Å². The van der Waals surface area contributed by atoms with Crippen LogP contribution in [0.5, 0.6) is 5.75 Å². The molecule has 0 aliphatic heterocycles. The van der Waals surface area contributed by atoms with Crippen LogP contribution in [-0.4, -0.2) is 28.9 Å². The van der Waals surface area contributed by atoms with Crippen LogP contribution >= 0.6 is 0 Å². The number of nitrogens with one attached hydrogen (secondary N) is 1. The number of alkyl carbamates (subject to hydrolysis) is 1. The number of amides is 2. The van der Waals surface area contributed by atoms with Gasteiger partial charge in [-0.25, -0.2) is 9.59 Å². The van der Waals surface area contributed by atoms with Gasteiger partial charge in [-0.1, -0.05) is 30.3 Å². The van der Waals surface area contributed by atoms with E-state index in [0.717, 1.165) is 17.7 Å². The van der Waals surface area contributed by atoms with Gasteiger partial charge in [0.15, 0.2) is 0 Å². The summed E-state index contributed by atoms with van der Waals surface area (Å²) in [6.07, 6.45) is -1.44. The Kier molecular flexibility index (Phi) is 7.03. The first-order valence-corrected chi connectivity index (χ1v) is 8.07. The van der Waals surface area contributed by atoms with Crippen LogP contribution in [0.2, 0.25) is 0 Å². The van der Waals surface area contributed by atoms with Crippen LogP contribution in [0, 0.1) is 10.1 Å². The highest BCUT2D eigenvalue weighted by Crippen LogP contribution is 2.18. The second-order valence-corrected chi connectivity index (χ2v) is 5.60. The number of nitro groups is 1. The normalized spacial score (nSPS) is 11.1. The summed E-state index contributed by atoms with van der Waals surface area (Å²) in [5.74, 6) is -1.80. The van der Waals surface area contributed by atoms with Crippen LogP contribution in [0.1, 0.15) is 12.0 Å². The van der Waals surface area contributed by atoms with Crippen molar-refractivity contribution in [2.24, 2.45) is 5.73 Å². The molecular weight excluding hydrogens is 370 g/mol. The molecule has 10 heteroatoms. The van der Waals surface area contributed by atoms with Crippen molar-refractivity contribution in [2.75, 3.05) is 0 Å². The van der Waals surface area contributed by atoms with E-state index in [1.165, 1.54) is 12.1 Å². The summed E-state index contributed by atoms with van der Waals surface area (Å²) in [5.41, 5.74) is 5.65. The summed E-state index contributed by atoms with van der Waals surface area (Å²) in [6.45, 7) is -0.0344. The van der Waals surface area contributed by atoms with Gasteiger partial charge in [0, 0.05) is 12.1 Å². The second kappa shape index (κ2) is 9.67. The van der Waals surface area contributed by atoms with E-state index in [0.29, 0.717) is 0 Å². The number of esters is 1. The van der Waals surface area contributed by atoms with Crippen molar-refractivity contribution in [1.29, 1.82) is 0 Å². The van der Waals surface area contributed by atoms with E-state index in [-0.39, 0.29) is 18.0 Å². The molecule has 2 aromatic rings. The third-order valence-corrected chi connectivity index (χ3v) is 3.46. The smallest absolute Gasteiger partial charge is 0.408 e. The molecule has 0 fully saturated rings. The van der Waals surface area contributed by atoms with Crippen molar-refractivity contribution < 1.29 is 28.8 Å². The Morgan fingerprint density at radius 2 is 1.71 bits per heavy atom. The number of hydrogen-bond donors (Lipinski definition) is 2. The standard InChI is InChI=1S/C18H17N3O7/c19-16(22)10-15(20-18(24)27-11-12-4-2-1-3-5-12)17(23)28-14-8-6-13(7-9-14)21(25)26/h1-9,15H,10-11H2,(H2,19,22)(H,20,24)/t15-/m0/s1. The molecule has 146 valence electrons. The Morgan fingerprint density at radius 3 is 2.29 bits per heavy atom. The minimum atomic E-state index is -1.38. The van der Waals surface area contributed by atoms with Crippen molar-refractivity contribution in [3.8, 4) is 5.75 Å². The number of nitro benzene ring substituents is 1. The van der Waals surface area contributed by atoms with Crippen LogP contribution < -0.4 is 15.8 Å². The van der Waals surface area contributed by atoms with Gasteiger partial charge in [-0.15, -0.1) is 0 Å². The number of carbonyl (C=O) groups is 3. The van der Waals surface area contributed by atoms with Crippen molar-refractivity contribution in [2.45, 2.75) is 19.1 Å². The van der Waals surface area contributed by atoms with E-state index in [2.05, 4.69) is 5.32 Å². The molecule has 0 aliphatic carbocycles. The first-order valence-electron chi connectivity index (χ1n) is 8.07. The lowest BCUT2D eigenvalue weighted by atomic mass is 10.2. The Morgan fingerprint density at radius 1 is 1.07 bits per heavy atom. The summed E-state index contributed by atoms with van der Waals surface area (Å²) in [7, 11) is 0. The zero-order valence-electron chi connectivity index (χ0n) is 14.6. The number of rotatable bonds is 8. The minimum Gasteiger partial charge on any atom is -0.445 e. The summed E-state index contributed by atoms with van der Waals surface area (Å²) in [4.78, 5) is 45.4. The fourth-order valence-corrected chi connectivity index (χ4v) is 2.12. The molecule has 0 saturated carbocycles. The number of benzene rings is 2. The SMILES string of the molecule is NC(=O)C[C@H](NC(=O)OCc1ccccc1)C(=O)Oc1ccc([N+](=O)[O-])cc1. The molecule has 28 heavy (non-hydrogen) atoms. The summed E-state index contributed by atoms with van der Waals surface area (Å²) < 4.78 is 10.0. The number of nitrogens with zero attached hydrogens (tertiary/aromatic N) is 1. The van der Waals surface area contributed by atoms with Crippen molar-refractivity contribution >= 4 is 23.7 Å². The van der Waals surface area contributed by atoms with E-state index < -0.39 is 35.4 Å². The van der Waals surface area contributed by atoms with E-state index in [9.17, 15) is 24.5 Å². The fraction of sp³-hybridized carbons (Fsp3) is 0.167. The highest BCUT2D eigenvalue weighted by Gasteiger charge is 2.26. The monoisotopic (exact) mass is 387 g/mol. The number of primary amides is 1. The number of hydrogen-bond acceptors (Lipinski definition) is 7. The largest absolute Gasteiger partial charge is 0.445 e. The Bertz CT molecular complexity index is 853. The van der Waals surface area contributed by atoms with Gasteiger partial charge in [-0.05, 0) is 17.7 Å². The van der Waals surface area contributed by atoms with Crippen LogP contribution in [-0.2, 0) is 20.9 Å². The molecule has 0 unspecified atom stereocenters. The number of ether oxygens (including phenoxy) is 2. The third kappa shape index (κ3) is 6.41. The van der Waals surface area contributed by atoms with Crippen LogP contribution in [0.3, 0.4) is 0 Å². The topological polar surface area (TPSA) is 151 Å². The molecule has 2 rings (SSSR count). The van der Waals surface area contributed by atoms with E-state index in [1.807, 2.05) is 0 Å². The maximum absolute atomic E-state index is 12.2. The van der Waals surface area contributed by atoms with Crippen LogP contribution in [0.25, 0.3) is 0 Å². The molecule has 0 radical (unpaired) electrons. The lowest BCUT2D eigenvalue weighted by molar-refractivity contribution is -0.384. The van der Waals surface area contributed by atoms with Crippen molar-refractivity contribution in [3.63, 3.8) is 0 Å². The molecule has 2 amide bonds. The first kappa shape index (κ1) is 20.4. The predicted molar refractivity (Wildman–Crippen MR) is 96.1 cm³/mol. The van der Waals surface area contributed by atoms with Crippen molar-refractivity contribution in [1.82, 2.24) is 5.32 Å². The first-order chi connectivity index (χ1) is 13.3. The highest BCUT2D eigenvalue weighted by atomic mass is 16.6. The van der Waals surface area contributed by atoms with Gasteiger partial charge in [0.2, 0.25) is 5.91 Å². The van der Waals surface area contributed by atoms with Gasteiger partial charge in [-0.2, -0.15) is 0 Å². The quantitative estimate of drug-likeness (QED) is 0.302. The molecule has 0 aliphatic rings. The average molecular weight is 387 g/mol. The zero-order valence-corrected chi connectivity index (χ0v) is 14.6. The van der Waals surface area contributed by atoms with Crippen LogP contribution in [0.15, 0.2) is 54.6 Å². The molecule has 0 heterocycles. The van der Waals surface area contributed by atoms with Crippen LogP contribution in [0.4, 0.5) is 10.5 Å². The molecule has 0 bridgehead atoms. The molecule has 0 saturated heterocycles. The highest BCUT2D eigenvalue weighted by molar-refractivity contribution is 5.88. The second-order valence-electron chi connectivity index (χ2n) is 5.60. The Hall–Kier alpha value is -3.95. The van der Waals surface area contributed by atoms with E-state index >= 15 is 0 Å². The van der Waals surface area contributed by atoms with Crippen molar-refractivity contribution in [3.05, 3.63) is 70.3 Å². The van der Waals surface area contributed by atoms with E-state index in [4.69, 9.17) is 15.2 Å².